The lowest BCUT2D eigenvalue weighted by molar-refractivity contribution is -0.127. The highest BCUT2D eigenvalue weighted by atomic mass is 16.5. The van der Waals surface area contributed by atoms with Crippen LogP contribution in [0.2, 0.25) is 0 Å². The van der Waals surface area contributed by atoms with Gasteiger partial charge >= 0.3 is 0 Å². The molecule has 5 nitrogen and oxygen atoms in total. The Bertz CT molecular complexity index is 578. The number of hydrogen-bond donors (Lipinski definition) is 2. The number of carbonyl (C=O) groups is 1. The first kappa shape index (κ1) is 15.1. The van der Waals surface area contributed by atoms with E-state index in [1.54, 1.807) is 50.4 Å². The molecule has 2 rings (SSSR count). The van der Waals surface area contributed by atoms with Crippen molar-refractivity contribution in [2.45, 2.75) is 32.6 Å². The second kappa shape index (κ2) is 6.95. The SMILES string of the molecule is CC(Oc1ccccc1C(C)O)C(=O)NCc1ccco1. The summed E-state index contributed by atoms with van der Waals surface area (Å²) in [5.41, 5.74) is 0.656. The van der Waals surface area contributed by atoms with Gasteiger partial charge in [-0.1, -0.05) is 18.2 Å². The minimum absolute atomic E-state index is 0.244. The molecular formula is C16H19NO4. The Hall–Kier alpha value is -2.27. The molecule has 0 bridgehead atoms. The van der Waals surface area contributed by atoms with E-state index in [9.17, 15) is 9.90 Å². The minimum atomic E-state index is -0.667. The first-order valence-corrected chi connectivity index (χ1v) is 6.81. The number of furan rings is 1. The summed E-state index contributed by atoms with van der Waals surface area (Å²) < 4.78 is 10.8. The van der Waals surface area contributed by atoms with Gasteiger partial charge in [-0.25, -0.2) is 0 Å². The fourth-order valence-electron chi connectivity index (χ4n) is 1.91. The fourth-order valence-corrected chi connectivity index (χ4v) is 1.91. The Morgan fingerprint density at radius 1 is 1.29 bits per heavy atom. The number of rotatable bonds is 6. The van der Waals surface area contributed by atoms with Crippen LogP contribution in [0.5, 0.6) is 5.75 Å². The van der Waals surface area contributed by atoms with E-state index in [0.29, 0.717) is 23.6 Å². The zero-order chi connectivity index (χ0) is 15.2. The number of aliphatic hydroxyl groups excluding tert-OH is 1. The summed E-state index contributed by atoms with van der Waals surface area (Å²) in [6.07, 6.45) is 0.236. The largest absolute Gasteiger partial charge is 0.481 e. The molecule has 0 aliphatic rings. The highest BCUT2D eigenvalue weighted by molar-refractivity contribution is 5.80. The minimum Gasteiger partial charge on any atom is -0.481 e. The number of ether oxygens (including phenoxy) is 1. The smallest absolute Gasteiger partial charge is 0.261 e. The van der Waals surface area contributed by atoms with Gasteiger partial charge < -0.3 is 19.6 Å². The molecule has 5 heteroatoms. The van der Waals surface area contributed by atoms with Gasteiger partial charge in [0.25, 0.3) is 5.91 Å². The second-order valence-corrected chi connectivity index (χ2v) is 4.77. The Labute approximate surface area is 123 Å². The average molecular weight is 289 g/mol. The number of aliphatic hydroxyl groups is 1. The zero-order valence-corrected chi connectivity index (χ0v) is 12.1. The molecule has 1 amide bonds. The zero-order valence-electron chi connectivity index (χ0n) is 12.1. The molecule has 1 aromatic carbocycles. The van der Waals surface area contributed by atoms with E-state index in [2.05, 4.69) is 5.32 Å². The van der Waals surface area contributed by atoms with Crippen molar-refractivity contribution in [2.24, 2.45) is 0 Å². The van der Waals surface area contributed by atoms with E-state index in [4.69, 9.17) is 9.15 Å². The van der Waals surface area contributed by atoms with Gasteiger partial charge in [0.05, 0.1) is 18.9 Å². The van der Waals surface area contributed by atoms with Crippen molar-refractivity contribution in [3.63, 3.8) is 0 Å². The Kier molecular flexibility index (Phi) is 5.00. The van der Waals surface area contributed by atoms with Crippen LogP contribution in [0.4, 0.5) is 0 Å². The van der Waals surface area contributed by atoms with E-state index in [0.717, 1.165) is 0 Å². The van der Waals surface area contributed by atoms with Gasteiger partial charge in [0.2, 0.25) is 0 Å². The molecule has 0 radical (unpaired) electrons. The molecule has 1 heterocycles. The third-order valence-electron chi connectivity index (χ3n) is 3.06. The number of carbonyl (C=O) groups excluding carboxylic acids is 1. The van der Waals surface area contributed by atoms with Crippen molar-refractivity contribution in [2.75, 3.05) is 0 Å². The highest BCUT2D eigenvalue weighted by Crippen LogP contribution is 2.25. The monoisotopic (exact) mass is 289 g/mol. The lowest BCUT2D eigenvalue weighted by atomic mass is 10.1. The Morgan fingerprint density at radius 3 is 2.71 bits per heavy atom. The van der Waals surface area contributed by atoms with E-state index >= 15 is 0 Å². The van der Waals surface area contributed by atoms with Gasteiger partial charge in [0.15, 0.2) is 6.10 Å². The van der Waals surface area contributed by atoms with Crippen LogP contribution >= 0.6 is 0 Å². The molecule has 0 spiro atoms. The predicted molar refractivity (Wildman–Crippen MR) is 77.7 cm³/mol. The third-order valence-corrected chi connectivity index (χ3v) is 3.06. The summed E-state index contributed by atoms with van der Waals surface area (Å²) in [5, 5.41) is 12.4. The van der Waals surface area contributed by atoms with Crippen molar-refractivity contribution in [1.29, 1.82) is 0 Å². The van der Waals surface area contributed by atoms with Gasteiger partial charge in [-0.3, -0.25) is 4.79 Å². The molecule has 21 heavy (non-hydrogen) atoms. The molecule has 0 saturated heterocycles. The number of nitrogens with one attached hydrogen (secondary N) is 1. The Morgan fingerprint density at radius 2 is 2.05 bits per heavy atom. The van der Waals surface area contributed by atoms with E-state index in [1.807, 2.05) is 6.07 Å². The quantitative estimate of drug-likeness (QED) is 0.856. The maximum atomic E-state index is 12.0. The lowest BCUT2D eigenvalue weighted by Crippen LogP contribution is -2.36. The summed E-state index contributed by atoms with van der Waals surface area (Å²) in [6, 6.07) is 10.7. The van der Waals surface area contributed by atoms with Gasteiger partial charge in [-0.15, -0.1) is 0 Å². The van der Waals surface area contributed by atoms with Crippen LogP contribution in [0.15, 0.2) is 47.1 Å². The fraction of sp³-hybridized carbons (Fsp3) is 0.312. The molecule has 1 aromatic heterocycles. The second-order valence-electron chi connectivity index (χ2n) is 4.77. The van der Waals surface area contributed by atoms with E-state index < -0.39 is 12.2 Å². The number of para-hydroxylation sites is 1. The van der Waals surface area contributed by atoms with Crippen molar-refractivity contribution in [3.8, 4) is 5.75 Å². The summed E-state index contributed by atoms with van der Waals surface area (Å²) in [6.45, 7) is 3.64. The molecule has 2 aromatic rings. The normalized spacial score (nSPS) is 13.5. The summed E-state index contributed by atoms with van der Waals surface area (Å²) in [5.74, 6) is 0.944. The standard InChI is InChI=1S/C16H19NO4/c1-11(18)14-7-3-4-8-15(14)21-12(2)16(19)17-10-13-6-5-9-20-13/h3-9,11-12,18H,10H2,1-2H3,(H,17,19). The molecule has 2 unspecified atom stereocenters. The summed E-state index contributed by atoms with van der Waals surface area (Å²) >= 11 is 0. The van der Waals surface area contributed by atoms with Gasteiger partial charge in [0, 0.05) is 5.56 Å². The van der Waals surface area contributed by atoms with Crippen molar-refractivity contribution < 1.29 is 19.1 Å². The van der Waals surface area contributed by atoms with Crippen LogP contribution in [-0.4, -0.2) is 17.1 Å². The molecule has 0 aliphatic heterocycles. The van der Waals surface area contributed by atoms with Gasteiger partial charge in [0.1, 0.15) is 11.5 Å². The molecular weight excluding hydrogens is 270 g/mol. The molecule has 2 atom stereocenters. The van der Waals surface area contributed by atoms with Crippen LogP contribution in [0.1, 0.15) is 31.3 Å². The van der Waals surface area contributed by atoms with Crippen LogP contribution in [-0.2, 0) is 11.3 Å². The number of amides is 1. The van der Waals surface area contributed by atoms with Crippen LogP contribution in [0.25, 0.3) is 0 Å². The molecule has 0 saturated carbocycles. The van der Waals surface area contributed by atoms with Gasteiger partial charge in [-0.2, -0.15) is 0 Å². The molecule has 2 N–H and O–H groups in total. The third kappa shape index (κ3) is 4.10. The maximum absolute atomic E-state index is 12.0. The van der Waals surface area contributed by atoms with Gasteiger partial charge in [-0.05, 0) is 32.0 Å². The number of benzene rings is 1. The van der Waals surface area contributed by atoms with Crippen LogP contribution in [0.3, 0.4) is 0 Å². The first-order chi connectivity index (χ1) is 10.1. The Balaban J connectivity index is 1.94. The van der Waals surface area contributed by atoms with Crippen molar-refractivity contribution in [1.82, 2.24) is 5.32 Å². The van der Waals surface area contributed by atoms with Crippen molar-refractivity contribution >= 4 is 5.91 Å². The summed E-state index contributed by atoms with van der Waals surface area (Å²) in [7, 11) is 0. The maximum Gasteiger partial charge on any atom is 0.261 e. The average Bonchev–Trinajstić information content (AvgIpc) is 2.98. The van der Waals surface area contributed by atoms with E-state index in [1.165, 1.54) is 0 Å². The molecule has 112 valence electrons. The first-order valence-electron chi connectivity index (χ1n) is 6.81. The summed E-state index contributed by atoms with van der Waals surface area (Å²) in [4.78, 5) is 12.0. The van der Waals surface area contributed by atoms with Crippen molar-refractivity contribution in [3.05, 3.63) is 54.0 Å². The molecule has 0 aliphatic carbocycles. The topological polar surface area (TPSA) is 71.7 Å². The van der Waals surface area contributed by atoms with E-state index in [-0.39, 0.29) is 5.91 Å². The predicted octanol–water partition coefficient (Wildman–Crippen LogP) is 2.42. The lowest BCUT2D eigenvalue weighted by Gasteiger charge is -2.18. The number of hydrogen-bond acceptors (Lipinski definition) is 4. The molecule has 0 fully saturated rings. The van der Waals surface area contributed by atoms with Crippen LogP contribution in [0, 0.1) is 0 Å². The highest BCUT2D eigenvalue weighted by Gasteiger charge is 2.17. The van der Waals surface area contributed by atoms with Crippen LogP contribution < -0.4 is 10.1 Å².